The maximum Gasteiger partial charge on any atom is 0.220 e. The Morgan fingerprint density at radius 1 is 1.46 bits per heavy atom. The largest absolute Gasteiger partial charge is 0.490 e. The Kier molecular flexibility index (Phi) is 3.98. The fraction of sp³-hybridized carbons (Fsp3) is 0.500. The summed E-state index contributed by atoms with van der Waals surface area (Å²) in [5, 5.41) is 3.03. The summed E-state index contributed by atoms with van der Waals surface area (Å²) in [6.45, 7) is 1.60. The fourth-order valence-corrected chi connectivity index (χ4v) is 0.840. The fourth-order valence-electron chi connectivity index (χ4n) is 0.840. The lowest BCUT2D eigenvalue weighted by Gasteiger charge is -2.04. The van der Waals surface area contributed by atoms with Gasteiger partial charge in [-0.1, -0.05) is 0 Å². The molecule has 0 unspecified atom stereocenters. The highest BCUT2D eigenvalue weighted by atomic mass is 16.5. The van der Waals surface area contributed by atoms with Crippen molar-refractivity contribution in [2.24, 2.45) is 0 Å². The number of rotatable bonds is 5. The first-order valence-electron chi connectivity index (χ1n) is 4.18. The van der Waals surface area contributed by atoms with Gasteiger partial charge in [-0.05, 0) is 20.0 Å². The molecule has 0 aliphatic carbocycles. The van der Waals surface area contributed by atoms with Crippen LogP contribution in [-0.2, 0) is 0 Å². The number of hydrogen-bond acceptors (Lipinski definition) is 5. The van der Waals surface area contributed by atoms with E-state index < -0.39 is 0 Å². The first kappa shape index (κ1) is 9.73. The van der Waals surface area contributed by atoms with E-state index in [4.69, 9.17) is 10.5 Å². The number of aromatic nitrogens is 2. The van der Waals surface area contributed by atoms with Gasteiger partial charge in [-0.25, -0.2) is 9.97 Å². The zero-order valence-corrected chi connectivity index (χ0v) is 7.66. The van der Waals surface area contributed by atoms with Crippen molar-refractivity contribution in [3.05, 3.63) is 12.4 Å². The molecule has 5 nitrogen and oxygen atoms in total. The van der Waals surface area contributed by atoms with E-state index in [9.17, 15) is 0 Å². The summed E-state index contributed by atoms with van der Waals surface area (Å²) in [5.41, 5.74) is 5.32. The van der Waals surface area contributed by atoms with Crippen LogP contribution < -0.4 is 15.8 Å². The Morgan fingerprint density at radius 3 is 2.77 bits per heavy atom. The Hall–Kier alpha value is -1.36. The maximum absolute atomic E-state index is 5.34. The van der Waals surface area contributed by atoms with Crippen molar-refractivity contribution in [2.75, 3.05) is 25.9 Å². The lowest BCUT2D eigenvalue weighted by Crippen LogP contribution is -2.11. The molecule has 0 aliphatic rings. The predicted octanol–water partition coefficient (Wildman–Crippen LogP) is 0.0471. The minimum absolute atomic E-state index is 0.266. The zero-order chi connectivity index (χ0) is 9.52. The molecule has 0 amide bonds. The molecule has 0 radical (unpaired) electrons. The molecule has 0 fully saturated rings. The number of nitrogens with one attached hydrogen (secondary N) is 1. The van der Waals surface area contributed by atoms with Crippen molar-refractivity contribution in [3.63, 3.8) is 0 Å². The molecule has 1 aromatic heterocycles. The zero-order valence-electron chi connectivity index (χ0n) is 7.66. The molecule has 0 saturated heterocycles. The van der Waals surface area contributed by atoms with Crippen LogP contribution in [0, 0.1) is 0 Å². The van der Waals surface area contributed by atoms with Gasteiger partial charge in [0.2, 0.25) is 5.95 Å². The first-order valence-corrected chi connectivity index (χ1v) is 4.18. The molecule has 0 aromatic carbocycles. The molecule has 1 aromatic rings. The standard InChI is InChI=1S/C8H14N4O/c1-10-3-2-4-13-7-5-11-8(9)12-6-7/h5-6,10H,2-4H2,1H3,(H2,9,11,12). The molecule has 3 N–H and O–H groups in total. The highest BCUT2D eigenvalue weighted by Gasteiger charge is 1.94. The van der Waals surface area contributed by atoms with Crippen molar-refractivity contribution in [1.29, 1.82) is 0 Å². The quantitative estimate of drug-likeness (QED) is 0.629. The summed E-state index contributed by atoms with van der Waals surface area (Å²) in [7, 11) is 1.91. The van der Waals surface area contributed by atoms with Crippen LogP contribution in [-0.4, -0.2) is 30.2 Å². The SMILES string of the molecule is CNCCCOc1cnc(N)nc1. The summed E-state index contributed by atoms with van der Waals surface area (Å²) in [5.74, 6) is 0.924. The summed E-state index contributed by atoms with van der Waals surface area (Å²) in [6.07, 6.45) is 4.10. The maximum atomic E-state index is 5.34. The van der Waals surface area contributed by atoms with Crippen LogP contribution >= 0.6 is 0 Å². The topological polar surface area (TPSA) is 73.1 Å². The van der Waals surface area contributed by atoms with Crippen molar-refractivity contribution in [2.45, 2.75) is 6.42 Å². The lowest BCUT2D eigenvalue weighted by molar-refractivity contribution is 0.307. The van der Waals surface area contributed by atoms with Crippen molar-refractivity contribution < 1.29 is 4.74 Å². The Bertz CT molecular complexity index is 236. The third kappa shape index (κ3) is 3.71. The van der Waals surface area contributed by atoms with Gasteiger partial charge >= 0.3 is 0 Å². The average molecular weight is 182 g/mol. The van der Waals surface area contributed by atoms with Gasteiger partial charge in [-0.15, -0.1) is 0 Å². The van der Waals surface area contributed by atoms with Gasteiger partial charge in [0.1, 0.15) is 0 Å². The highest BCUT2D eigenvalue weighted by Crippen LogP contribution is 2.06. The molecular formula is C8H14N4O. The molecule has 1 heterocycles. The van der Waals surface area contributed by atoms with Gasteiger partial charge in [-0.2, -0.15) is 0 Å². The molecule has 0 aliphatic heterocycles. The van der Waals surface area contributed by atoms with E-state index in [0.717, 1.165) is 13.0 Å². The van der Waals surface area contributed by atoms with Gasteiger partial charge in [0.05, 0.1) is 19.0 Å². The predicted molar refractivity (Wildman–Crippen MR) is 50.5 cm³/mol. The highest BCUT2D eigenvalue weighted by molar-refractivity contribution is 5.20. The minimum Gasteiger partial charge on any atom is -0.490 e. The van der Waals surface area contributed by atoms with E-state index in [1.807, 2.05) is 7.05 Å². The molecule has 5 heteroatoms. The Labute approximate surface area is 77.3 Å². The van der Waals surface area contributed by atoms with Crippen LogP contribution in [0.2, 0.25) is 0 Å². The molecule has 0 spiro atoms. The lowest BCUT2D eigenvalue weighted by atomic mass is 10.4. The van der Waals surface area contributed by atoms with Crippen molar-refractivity contribution in [3.8, 4) is 5.75 Å². The summed E-state index contributed by atoms with van der Waals surface area (Å²) >= 11 is 0. The molecule has 72 valence electrons. The van der Waals surface area contributed by atoms with Crippen molar-refractivity contribution >= 4 is 5.95 Å². The first-order chi connectivity index (χ1) is 6.33. The Morgan fingerprint density at radius 2 is 2.15 bits per heavy atom. The second-order valence-corrected chi connectivity index (χ2v) is 2.58. The van der Waals surface area contributed by atoms with E-state index in [2.05, 4.69) is 15.3 Å². The van der Waals surface area contributed by atoms with E-state index in [1.54, 1.807) is 12.4 Å². The third-order valence-electron chi connectivity index (χ3n) is 1.49. The van der Waals surface area contributed by atoms with Crippen LogP contribution in [0.4, 0.5) is 5.95 Å². The number of ether oxygens (including phenoxy) is 1. The van der Waals surface area contributed by atoms with Gasteiger partial charge in [-0.3, -0.25) is 0 Å². The van der Waals surface area contributed by atoms with Crippen LogP contribution in [0.15, 0.2) is 12.4 Å². The van der Waals surface area contributed by atoms with Crippen LogP contribution in [0.25, 0.3) is 0 Å². The van der Waals surface area contributed by atoms with Gasteiger partial charge in [0, 0.05) is 0 Å². The van der Waals surface area contributed by atoms with Crippen LogP contribution in [0.5, 0.6) is 5.75 Å². The summed E-state index contributed by atoms with van der Waals surface area (Å²) in [6, 6.07) is 0. The second kappa shape index (κ2) is 5.31. The van der Waals surface area contributed by atoms with Gasteiger partial charge < -0.3 is 15.8 Å². The van der Waals surface area contributed by atoms with Crippen LogP contribution in [0.1, 0.15) is 6.42 Å². The molecule has 13 heavy (non-hydrogen) atoms. The molecule has 1 rings (SSSR count). The Balaban J connectivity index is 2.25. The monoisotopic (exact) mass is 182 g/mol. The second-order valence-electron chi connectivity index (χ2n) is 2.58. The smallest absolute Gasteiger partial charge is 0.220 e. The number of anilines is 1. The van der Waals surface area contributed by atoms with E-state index in [0.29, 0.717) is 12.4 Å². The normalized spacial score (nSPS) is 9.92. The third-order valence-corrected chi connectivity index (χ3v) is 1.49. The number of hydrogen-bond donors (Lipinski definition) is 2. The molecule has 0 bridgehead atoms. The number of nitrogens with two attached hydrogens (primary N) is 1. The number of nitrogens with zero attached hydrogens (tertiary/aromatic N) is 2. The summed E-state index contributed by atoms with van der Waals surface area (Å²) in [4.78, 5) is 7.61. The minimum atomic E-state index is 0.266. The summed E-state index contributed by atoms with van der Waals surface area (Å²) < 4.78 is 5.34. The molecular weight excluding hydrogens is 168 g/mol. The van der Waals surface area contributed by atoms with E-state index in [1.165, 1.54) is 0 Å². The number of nitrogen functional groups attached to an aromatic ring is 1. The van der Waals surface area contributed by atoms with E-state index >= 15 is 0 Å². The molecule has 0 atom stereocenters. The average Bonchev–Trinajstić information content (AvgIpc) is 2.15. The van der Waals surface area contributed by atoms with E-state index in [-0.39, 0.29) is 5.95 Å². The van der Waals surface area contributed by atoms with Gasteiger partial charge in [0.25, 0.3) is 0 Å². The van der Waals surface area contributed by atoms with Gasteiger partial charge in [0.15, 0.2) is 5.75 Å². The van der Waals surface area contributed by atoms with Crippen LogP contribution in [0.3, 0.4) is 0 Å². The molecule has 0 saturated carbocycles. The van der Waals surface area contributed by atoms with Crippen molar-refractivity contribution in [1.82, 2.24) is 15.3 Å².